The first-order chi connectivity index (χ1) is 6.85. The third-order valence-electron chi connectivity index (χ3n) is 1.59. The van der Waals surface area contributed by atoms with Gasteiger partial charge in [-0.1, -0.05) is 0 Å². The topological polar surface area (TPSA) is 76.0 Å². The molecule has 0 aromatic heterocycles. The molecule has 0 spiro atoms. The summed E-state index contributed by atoms with van der Waals surface area (Å²) < 4.78 is 21.5. The Kier molecular flexibility index (Phi) is 7.34. The fourth-order valence-corrected chi connectivity index (χ4v) is 1.33. The van der Waals surface area contributed by atoms with Crippen LogP contribution in [-0.2, 0) is 13.6 Å². The van der Waals surface area contributed by atoms with Crippen molar-refractivity contribution in [3.05, 3.63) is 0 Å². The van der Waals surface area contributed by atoms with Crippen molar-refractivity contribution < 1.29 is 28.3 Å². The van der Waals surface area contributed by atoms with E-state index < -0.39 is 21.0 Å². The average molecular weight is 242 g/mol. The summed E-state index contributed by atoms with van der Waals surface area (Å²) in [6, 6.07) is 0. The minimum absolute atomic E-state index is 0.168. The van der Waals surface area contributed by atoms with E-state index in [1.54, 1.807) is 0 Å². The van der Waals surface area contributed by atoms with Crippen LogP contribution in [-0.4, -0.2) is 68.3 Å². The van der Waals surface area contributed by atoms with E-state index in [4.69, 9.17) is 19.3 Å². The molecule has 0 aromatic carbocycles. The Balaban J connectivity index is 3.50. The minimum atomic E-state index is -2.55. The van der Waals surface area contributed by atoms with Crippen molar-refractivity contribution in [1.29, 1.82) is 0 Å². The maximum Gasteiger partial charge on any atom is 0.319 e. The van der Waals surface area contributed by atoms with E-state index >= 15 is 0 Å². The number of hydrogen-bond acceptors (Lipinski definition) is 5. The van der Waals surface area contributed by atoms with Gasteiger partial charge < -0.3 is 23.7 Å². The fourth-order valence-electron chi connectivity index (χ4n) is 0.661. The van der Waals surface area contributed by atoms with E-state index in [1.165, 1.54) is 0 Å². The molecule has 0 aliphatic carbocycles. The van der Waals surface area contributed by atoms with Crippen molar-refractivity contribution in [3.8, 4) is 0 Å². The van der Waals surface area contributed by atoms with Crippen molar-refractivity contribution >= 4 is 8.25 Å². The molecule has 0 aliphatic heterocycles. The highest BCUT2D eigenvalue weighted by molar-refractivity contribution is 7.33. The van der Waals surface area contributed by atoms with Crippen LogP contribution in [0.15, 0.2) is 0 Å². The summed E-state index contributed by atoms with van der Waals surface area (Å²) in [5, 5.41) is 17.4. The molecule has 2 atom stereocenters. The van der Waals surface area contributed by atoms with Crippen LogP contribution < -0.4 is 0 Å². The van der Waals surface area contributed by atoms with Gasteiger partial charge >= 0.3 is 8.25 Å². The second-order valence-corrected chi connectivity index (χ2v) is 5.34. The maximum atomic E-state index is 11.1. The number of likely N-dealkylation sites (N-methyl/N-ethyl adjacent to an activating group) is 1. The minimum Gasteiger partial charge on any atom is -0.394 e. The molecule has 92 valence electrons. The summed E-state index contributed by atoms with van der Waals surface area (Å²) in [5.74, 6) is 0. The maximum absolute atomic E-state index is 11.1. The van der Waals surface area contributed by atoms with E-state index in [-0.39, 0.29) is 6.61 Å². The SMILES string of the molecule is C[N+](C)(C)CCO[PH](=O)OCC(O)CO. The highest BCUT2D eigenvalue weighted by Gasteiger charge is 2.09. The lowest BCUT2D eigenvalue weighted by Gasteiger charge is -2.23. The molecule has 0 aliphatic rings. The van der Waals surface area contributed by atoms with Crippen molar-refractivity contribution in [3.63, 3.8) is 0 Å². The summed E-state index contributed by atoms with van der Waals surface area (Å²) in [7, 11) is 3.44. The molecule has 0 bridgehead atoms. The lowest BCUT2D eigenvalue weighted by Crippen LogP contribution is -2.37. The van der Waals surface area contributed by atoms with Gasteiger partial charge in [-0.3, -0.25) is 4.57 Å². The van der Waals surface area contributed by atoms with Crippen LogP contribution in [0, 0.1) is 0 Å². The van der Waals surface area contributed by atoms with Crippen LogP contribution in [0.25, 0.3) is 0 Å². The van der Waals surface area contributed by atoms with Gasteiger partial charge in [-0.25, -0.2) is 0 Å². The summed E-state index contributed by atoms with van der Waals surface area (Å²) in [5.41, 5.74) is 0. The first-order valence-corrected chi connectivity index (χ1v) is 5.96. The molecule has 0 saturated heterocycles. The number of aliphatic hydroxyl groups excluding tert-OH is 2. The molecule has 0 aromatic rings. The van der Waals surface area contributed by atoms with E-state index in [2.05, 4.69) is 0 Å². The predicted molar refractivity (Wildman–Crippen MR) is 56.9 cm³/mol. The molecule has 0 rings (SSSR count). The van der Waals surface area contributed by atoms with Gasteiger partial charge in [-0.2, -0.15) is 0 Å². The molecule has 2 unspecified atom stereocenters. The Morgan fingerprint density at radius 1 is 1.33 bits per heavy atom. The number of rotatable bonds is 8. The zero-order chi connectivity index (χ0) is 11.9. The van der Waals surface area contributed by atoms with Crippen LogP contribution in [0.3, 0.4) is 0 Å². The standard InChI is InChI=1S/C8H21NO5P/c1-9(2,3)4-5-13-15(12)14-7-8(11)6-10/h8,10-11,15H,4-7H2,1-3H3/q+1. The van der Waals surface area contributed by atoms with Gasteiger partial charge in [0.1, 0.15) is 19.3 Å². The Bertz CT molecular complexity index is 194. The summed E-state index contributed by atoms with van der Waals surface area (Å²) in [6.45, 7) is 0.492. The molecule has 15 heavy (non-hydrogen) atoms. The normalized spacial score (nSPS) is 16.3. The molecule has 7 heteroatoms. The van der Waals surface area contributed by atoms with Crippen molar-refractivity contribution in [2.75, 3.05) is 47.5 Å². The van der Waals surface area contributed by atoms with Crippen molar-refractivity contribution in [1.82, 2.24) is 0 Å². The Labute approximate surface area is 91.0 Å². The molecule has 6 nitrogen and oxygen atoms in total. The van der Waals surface area contributed by atoms with Crippen LogP contribution in [0.1, 0.15) is 0 Å². The van der Waals surface area contributed by atoms with Gasteiger partial charge in [-0.05, 0) is 0 Å². The molecule has 0 saturated carbocycles. The quantitative estimate of drug-likeness (QED) is 0.442. The molecule has 0 radical (unpaired) electrons. The van der Waals surface area contributed by atoms with Crippen LogP contribution >= 0.6 is 8.25 Å². The largest absolute Gasteiger partial charge is 0.394 e. The highest BCUT2D eigenvalue weighted by Crippen LogP contribution is 2.23. The predicted octanol–water partition coefficient (Wildman–Crippen LogP) is -0.531. The van der Waals surface area contributed by atoms with Crippen molar-refractivity contribution in [2.24, 2.45) is 0 Å². The summed E-state index contributed by atoms with van der Waals surface area (Å²) >= 11 is 0. The second-order valence-electron chi connectivity index (χ2n) is 4.26. The summed E-state index contributed by atoms with van der Waals surface area (Å²) in [6.07, 6.45) is -0.999. The van der Waals surface area contributed by atoms with Gasteiger partial charge in [0, 0.05) is 0 Å². The zero-order valence-corrected chi connectivity index (χ0v) is 10.5. The Morgan fingerprint density at radius 2 is 1.93 bits per heavy atom. The van der Waals surface area contributed by atoms with E-state index in [9.17, 15) is 4.57 Å². The van der Waals surface area contributed by atoms with E-state index in [1.807, 2.05) is 21.1 Å². The average Bonchev–Trinajstić information content (AvgIpc) is 2.12. The smallest absolute Gasteiger partial charge is 0.319 e. The lowest BCUT2D eigenvalue weighted by atomic mass is 10.4. The van der Waals surface area contributed by atoms with Gasteiger partial charge in [0.05, 0.1) is 34.4 Å². The summed E-state index contributed by atoms with van der Waals surface area (Å²) in [4.78, 5) is 0. The third kappa shape index (κ3) is 10.3. The number of quaternary nitrogens is 1. The molecule has 0 fully saturated rings. The van der Waals surface area contributed by atoms with Gasteiger partial charge in [0.25, 0.3) is 0 Å². The number of aliphatic hydroxyl groups is 2. The van der Waals surface area contributed by atoms with E-state index in [0.717, 1.165) is 6.54 Å². The molecule has 0 heterocycles. The molecule has 2 N–H and O–H groups in total. The van der Waals surface area contributed by atoms with E-state index in [0.29, 0.717) is 11.1 Å². The van der Waals surface area contributed by atoms with Crippen LogP contribution in [0.2, 0.25) is 0 Å². The second kappa shape index (κ2) is 7.33. The molecule has 0 amide bonds. The zero-order valence-electron chi connectivity index (χ0n) is 9.47. The number of nitrogens with zero attached hydrogens (tertiary/aromatic N) is 1. The first kappa shape index (κ1) is 15.0. The molecular weight excluding hydrogens is 221 g/mol. The fraction of sp³-hybridized carbons (Fsp3) is 1.00. The third-order valence-corrected chi connectivity index (χ3v) is 2.43. The van der Waals surface area contributed by atoms with Gasteiger partial charge in [0.15, 0.2) is 0 Å². The van der Waals surface area contributed by atoms with Gasteiger partial charge in [0.2, 0.25) is 0 Å². The lowest BCUT2D eigenvalue weighted by molar-refractivity contribution is -0.870. The van der Waals surface area contributed by atoms with Crippen molar-refractivity contribution in [2.45, 2.75) is 6.10 Å². The highest BCUT2D eigenvalue weighted by atomic mass is 31.1. The van der Waals surface area contributed by atoms with Gasteiger partial charge in [-0.15, -0.1) is 0 Å². The number of hydrogen-bond donors (Lipinski definition) is 2. The van der Waals surface area contributed by atoms with Crippen LogP contribution in [0.5, 0.6) is 0 Å². The Hall–Kier alpha value is 0.0300. The molecular formula is C8H21NO5P+. The first-order valence-electron chi connectivity index (χ1n) is 4.74. The monoisotopic (exact) mass is 242 g/mol. The Morgan fingerprint density at radius 3 is 2.40 bits per heavy atom. The van der Waals surface area contributed by atoms with Crippen LogP contribution in [0.4, 0.5) is 0 Å².